The minimum Gasteiger partial charge on any atom is -0.481 e. The van der Waals surface area contributed by atoms with Gasteiger partial charge in [-0.05, 0) is 35.7 Å². The van der Waals surface area contributed by atoms with Crippen molar-refractivity contribution in [3.8, 4) is 16.8 Å². The van der Waals surface area contributed by atoms with Gasteiger partial charge in [0.25, 0.3) is 0 Å². The molecule has 0 aliphatic rings. The van der Waals surface area contributed by atoms with Crippen LogP contribution in [0.1, 0.15) is 43.9 Å². The van der Waals surface area contributed by atoms with Gasteiger partial charge >= 0.3 is 5.97 Å². The van der Waals surface area contributed by atoms with Crippen LogP contribution in [0, 0.1) is 5.82 Å². The van der Waals surface area contributed by atoms with E-state index in [0.29, 0.717) is 0 Å². The Hall–Kier alpha value is -3.22. The summed E-state index contributed by atoms with van der Waals surface area (Å²) in [6.07, 6.45) is 2.72. The maximum atomic E-state index is 13.5. The van der Waals surface area contributed by atoms with Crippen LogP contribution in [0.4, 0.5) is 4.39 Å². The Bertz CT molecular complexity index is 1070. The van der Waals surface area contributed by atoms with Gasteiger partial charge in [0, 0.05) is 35.1 Å². The molecule has 0 spiro atoms. The molecule has 32 heavy (non-hydrogen) atoms. The first kappa shape index (κ1) is 23.4. The number of aromatic nitrogens is 1. The Kier molecular flexibility index (Phi) is 7.62. The molecule has 0 saturated carbocycles. The summed E-state index contributed by atoms with van der Waals surface area (Å²) in [5.74, 6) is -1.30. The fourth-order valence-electron chi connectivity index (χ4n) is 3.81. The van der Waals surface area contributed by atoms with Gasteiger partial charge < -0.3 is 19.9 Å². The molecular weight excluding hydrogens is 409 g/mol. The Balaban J connectivity index is 2.06. The van der Waals surface area contributed by atoms with Crippen molar-refractivity contribution in [1.82, 2.24) is 4.57 Å². The number of hydrogen-bond donors (Lipinski definition) is 3. The number of hydrogen-bond acceptors (Lipinski definition) is 3. The summed E-state index contributed by atoms with van der Waals surface area (Å²) in [7, 11) is 0. The van der Waals surface area contributed by atoms with Crippen LogP contribution in [0.3, 0.4) is 0 Å². The maximum Gasteiger partial charge on any atom is 0.305 e. The van der Waals surface area contributed by atoms with Crippen molar-refractivity contribution in [2.24, 2.45) is 0 Å². The number of aliphatic carboxylic acids is 1. The second-order valence-electron chi connectivity index (χ2n) is 8.12. The van der Waals surface area contributed by atoms with Crippen molar-refractivity contribution in [1.29, 1.82) is 0 Å². The monoisotopic (exact) mass is 437 g/mol. The van der Waals surface area contributed by atoms with Crippen LogP contribution in [-0.4, -0.2) is 38.1 Å². The van der Waals surface area contributed by atoms with Crippen LogP contribution >= 0.6 is 0 Å². The molecule has 0 fully saturated rings. The number of rotatable bonds is 9. The molecule has 0 aliphatic carbocycles. The molecule has 1 heterocycles. The molecule has 3 N–H and O–H groups in total. The van der Waals surface area contributed by atoms with Crippen molar-refractivity contribution in [3.63, 3.8) is 0 Å². The Labute approximate surface area is 187 Å². The van der Waals surface area contributed by atoms with E-state index in [-0.39, 0.29) is 18.2 Å². The molecule has 3 rings (SSSR count). The van der Waals surface area contributed by atoms with Crippen molar-refractivity contribution < 1.29 is 24.5 Å². The van der Waals surface area contributed by atoms with E-state index in [1.165, 1.54) is 12.1 Å². The average molecular weight is 438 g/mol. The van der Waals surface area contributed by atoms with E-state index >= 15 is 0 Å². The third kappa shape index (κ3) is 5.72. The molecule has 3 aromatic rings. The number of halogens is 1. The molecule has 2 aromatic carbocycles. The quantitative estimate of drug-likeness (QED) is 0.440. The lowest BCUT2D eigenvalue weighted by Gasteiger charge is -2.14. The SMILES string of the molecule is CC(C)c1c(/C=C/[C@H](O)C[C@@H](O)CC(=O)O)c(-c2ccc(F)cc2)cn1-c1ccccc1. The van der Waals surface area contributed by atoms with Gasteiger partial charge in [0.05, 0.1) is 18.6 Å². The normalized spacial score (nSPS) is 13.6. The highest BCUT2D eigenvalue weighted by atomic mass is 19.1. The third-order valence-electron chi connectivity index (χ3n) is 5.23. The molecule has 1 aromatic heterocycles. The molecule has 0 amide bonds. The molecule has 0 unspecified atom stereocenters. The summed E-state index contributed by atoms with van der Waals surface area (Å²) in [5, 5.41) is 29.0. The van der Waals surface area contributed by atoms with E-state index in [2.05, 4.69) is 18.4 Å². The van der Waals surface area contributed by atoms with Gasteiger partial charge in [-0.25, -0.2) is 4.39 Å². The smallest absolute Gasteiger partial charge is 0.305 e. The summed E-state index contributed by atoms with van der Waals surface area (Å²) in [6, 6.07) is 16.1. The average Bonchev–Trinajstić information content (AvgIpc) is 3.12. The number of para-hydroxylation sites is 1. The molecule has 0 saturated heterocycles. The summed E-state index contributed by atoms with van der Waals surface area (Å²) in [5.41, 5.74) is 4.60. The van der Waals surface area contributed by atoms with Crippen LogP contribution in [0.25, 0.3) is 22.9 Å². The van der Waals surface area contributed by atoms with E-state index in [1.807, 2.05) is 36.5 Å². The van der Waals surface area contributed by atoms with Crippen LogP contribution in [-0.2, 0) is 4.79 Å². The van der Waals surface area contributed by atoms with Crippen molar-refractivity contribution in [3.05, 3.63) is 83.9 Å². The zero-order chi connectivity index (χ0) is 23.3. The lowest BCUT2D eigenvalue weighted by Crippen LogP contribution is -2.19. The first-order valence-electron chi connectivity index (χ1n) is 10.6. The van der Waals surface area contributed by atoms with E-state index in [9.17, 15) is 19.4 Å². The van der Waals surface area contributed by atoms with Gasteiger partial charge in [-0.1, -0.05) is 56.3 Å². The van der Waals surface area contributed by atoms with Gasteiger partial charge in [-0.2, -0.15) is 0 Å². The van der Waals surface area contributed by atoms with Crippen LogP contribution in [0.5, 0.6) is 0 Å². The van der Waals surface area contributed by atoms with Crippen molar-refractivity contribution >= 4 is 12.0 Å². The number of carboxylic acids is 1. The number of aliphatic hydroxyl groups is 2. The summed E-state index contributed by atoms with van der Waals surface area (Å²) >= 11 is 0. The number of benzene rings is 2. The predicted octanol–water partition coefficient (Wildman–Crippen LogP) is 5.01. The first-order valence-corrected chi connectivity index (χ1v) is 10.6. The maximum absolute atomic E-state index is 13.5. The number of nitrogens with zero attached hydrogens (tertiary/aromatic N) is 1. The van der Waals surface area contributed by atoms with E-state index in [1.54, 1.807) is 24.3 Å². The summed E-state index contributed by atoms with van der Waals surface area (Å²) in [4.78, 5) is 10.8. The number of carbonyl (C=O) groups is 1. The molecule has 6 heteroatoms. The fraction of sp³-hybridized carbons (Fsp3) is 0.269. The lowest BCUT2D eigenvalue weighted by molar-refractivity contribution is -0.139. The van der Waals surface area contributed by atoms with Crippen molar-refractivity contribution in [2.45, 2.75) is 44.8 Å². The van der Waals surface area contributed by atoms with E-state index in [0.717, 1.165) is 28.1 Å². The first-order chi connectivity index (χ1) is 15.3. The molecule has 168 valence electrons. The highest BCUT2D eigenvalue weighted by Gasteiger charge is 2.20. The summed E-state index contributed by atoms with van der Waals surface area (Å²) < 4.78 is 15.6. The third-order valence-corrected chi connectivity index (χ3v) is 5.23. The van der Waals surface area contributed by atoms with Gasteiger partial charge in [0.1, 0.15) is 5.82 Å². The van der Waals surface area contributed by atoms with Gasteiger partial charge in [-0.3, -0.25) is 4.79 Å². The zero-order valence-electron chi connectivity index (χ0n) is 18.1. The second-order valence-corrected chi connectivity index (χ2v) is 8.12. The van der Waals surface area contributed by atoms with Crippen LogP contribution in [0.15, 0.2) is 66.9 Å². The minimum atomic E-state index is -1.14. The molecule has 0 radical (unpaired) electrons. The highest BCUT2D eigenvalue weighted by molar-refractivity contribution is 5.78. The van der Waals surface area contributed by atoms with Gasteiger partial charge in [0.15, 0.2) is 0 Å². The van der Waals surface area contributed by atoms with Crippen LogP contribution < -0.4 is 0 Å². The Morgan fingerprint density at radius 2 is 1.72 bits per heavy atom. The molecule has 0 aliphatic heterocycles. The summed E-state index contributed by atoms with van der Waals surface area (Å²) in [6.45, 7) is 4.15. The molecule has 0 bridgehead atoms. The standard InChI is InChI=1S/C26H28FNO4/c1-17(2)26-23(13-12-21(29)14-22(30)15-25(31)32)24(18-8-10-19(27)11-9-18)16-28(26)20-6-4-3-5-7-20/h3-13,16-17,21-22,29-30H,14-15H2,1-2H3,(H,31,32)/b13-12+/t21-,22+/m0/s1. The van der Waals surface area contributed by atoms with Gasteiger partial charge in [0.2, 0.25) is 0 Å². The van der Waals surface area contributed by atoms with E-state index < -0.39 is 24.6 Å². The van der Waals surface area contributed by atoms with E-state index in [4.69, 9.17) is 5.11 Å². The second kappa shape index (κ2) is 10.4. The van der Waals surface area contributed by atoms with Gasteiger partial charge in [-0.15, -0.1) is 0 Å². The fourth-order valence-corrected chi connectivity index (χ4v) is 3.81. The molecule has 2 atom stereocenters. The predicted molar refractivity (Wildman–Crippen MR) is 123 cm³/mol. The highest BCUT2D eigenvalue weighted by Crippen LogP contribution is 2.35. The molecular formula is C26H28FNO4. The Morgan fingerprint density at radius 1 is 1.06 bits per heavy atom. The number of carboxylic acid groups (broad SMARTS) is 1. The number of aliphatic hydroxyl groups excluding tert-OH is 2. The van der Waals surface area contributed by atoms with Crippen LogP contribution in [0.2, 0.25) is 0 Å². The lowest BCUT2D eigenvalue weighted by atomic mass is 9.97. The molecule has 5 nitrogen and oxygen atoms in total. The minimum absolute atomic E-state index is 0.0783. The van der Waals surface area contributed by atoms with Crippen molar-refractivity contribution in [2.75, 3.05) is 0 Å². The topological polar surface area (TPSA) is 82.7 Å². The largest absolute Gasteiger partial charge is 0.481 e. The zero-order valence-corrected chi connectivity index (χ0v) is 18.1. The Morgan fingerprint density at radius 3 is 2.31 bits per heavy atom.